The van der Waals surface area contributed by atoms with Crippen molar-refractivity contribution < 1.29 is 21.6 Å². The van der Waals surface area contributed by atoms with Crippen LogP contribution in [0.25, 0.3) is 0 Å². The Morgan fingerprint density at radius 3 is 2.67 bits per heavy atom. The van der Waals surface area contributed by atoms with Gasteiger partial charge in [0.15, 0.2) is 0 Å². The minimum absolute atomic E-state index is 0.155. The number of hydrogen-bond acceptors (Lipinski definition) is 3. The average molecular weight is 322 g/mol. The van der Waals surface area contributed by atoms with Crippen molar-refractivity contribution in [1.29, 1.82) is 0 Å². The molecule has 1 heterocycles. The number of nitrogens with one attached hydrogen (secondary N) is 1. The number of rotatable bonds is 3. The monoisotopic (exact) mass is 322 g/mol. The summed E-state index contributed by atoms with van der Waals surface area (Å²) in [4.78, 5) is 0. The Morgan fingerprint density at radius 1 is 1.19 bits per heavy atom. The van der Waals surface area contributed by atoms with Gasteiger partial charge in [-0.25, -0.2) is 12.7 Å². The first-order chi connectivity index (χ1) is 9.79. The maximum Gasteiger partial charge on any atom is 0.416 e. The second kappa shape index (κ2) is 6.33. The zero-order valence-corrected chi connectivity index (χ0v) is 12.2. The molecule has 0 aliphatic carbocycles. The van der Waals surface area contributed by atoms with Gasteiger partial charge in [0.05, 0.1) is 11.3 Å². The van der Waals surface area contributed by atoms with Crippen LogP contribution in [0.2, 0.25) is 0 Å². The van der Waals surface area contributed by atoms with Gasteiger partial charge < -0.3 is 5.32 Å². The van der Waals surface area contributed by atoms with Gasteiger partial charge in [-0.2, -0.15) is 13.2 Å². The summed E-state index contributed by atoms with van der Waals surface area (Å²) in [6.07, 6.45) is -3.77. The molecule has 0 unspecified atom stereocenters. The summed E-state index contributed by atoms with van der Waals surface area (Å²) in [5.41, 5.74) is -0.672. The molecule has 1 aliphatic heterocycles. The third kappa shape index (κ3) is 4.42. The highest BCUT2D eigenvalue weighted by Gasteiger charge is 2.31. The van der Waals surface area contributed by atoms with E-state index >= 15 is 0 Å². The second-order valence-corrected chi connectivity index (χ2v) is 6.93. The lowest BCUT2D eigenvalue weighted by molar-refractivity contribution is -0.137. The molecule has 1 aromatic rings. The topological polar surface area (TPSA) is 49.4 Å². The molecule has 1 aromatic carbocycles. The summed E-state index contributed by atoms with van der Waals surface area (Å²) in [5.74, 6) is -0.406. The van der Waals surface area contributed by atoms with Gasteiger partial charge in [0.25, 0.3) is 0 Å². The summed E-state index contributed by atoms with van der Waals surface area (Å²) in [5, 5.41) is 3.09. The predicted octanol–water partition coefficient (Wildman–Crippen LogP) is 1.83. The molecule has 0 saturated carbocycles. The number of benzene rings is 1. The Labute approximate surface area is 122 Å². The molecule has 0 bridgehead atoms. The van der Waals surface area contributed by atoms with E-state index in [4.69, 9.17) is 0 Å². The van der Waals surface area contributed by atoms with E-state index in [0.717, 1.165) is 18.7 Å². The molecule has 1 aliphatic rings. The minimum atomic E-state index is -4.47. The molecule has 0 amide bonds. The van der Waals surface area contributed by atoms with Crippen molar-refractivity contribution in [2.75, 3.05) is 26.2 Å². The maximum atomic E-state index is 12.6. The van der Waals surface area contributed by atoms with E-state index in [1.54, 1.807) is 0 Å². The van der Waals surface area contributed by atoms with Crippen LogP contribution in [0.3, 0.4) is 0 Å². The van der Waals surface area contributed by atoms with Crippen LogP contribution in [0.4, 0.5) is 13.2 Å². The molecule has 4 nitrogen and oxygen atoms in total. The molecule has 1 saturated heterocycles. The highest BCUT2D eigenvalue weighted by molar-refractivity contribution is 7.88. The molecule has 0 aromatic heterocycles. The number of nitrogens with zero attached hydrogens (tertiary/aromatic N) is 1. The van der Waals surface area contributed by atoms with Crippen LogP contribution in [0.1, 0.15) is 17.5 Å². The summed E-state index contributed by atoms with van der Waals surface area (Å²) >= 11 is 0. The molecule has 1 fully saturated rings. The van der Waals surface area contributed by atoms with E-state index in [-0.39, 0.29) is 5.56 Å². The minimum Gasteiger partial charge on any atom is -0.315 e. The predicted molar refractivity (Wildman–Crippen MR) is 73.1 cm³/mol. The van der Waals surface area contributed by atoms with E-state index in [1.807, 2.05) is 0 Å². The largest absolute Gasteiger partial charge is 0.416 e. The van der Waals surface area contributed by atoms with Crippen LogP contribution in [0.15, 0.2) is 24.3 Å². The average Bonchev–Trinajstić information content (AvgIpc) is 2.67. The second-order valence-electron chi connectivity index (χ2n) is 4.96. The van der Waals surface area contributed by atoms with Crippen LogP contribution >= 0.6 is 0 Å². The molecule has 0 atom stereocenters. The number of alkyl halides is 3. The fourth-order valence-corrected chi connectivity index (χ4v) is 3.80. The van der Waals surface area contributed by atoms with Crippen LogP contribution in [0.5, 0.6) is 0 Å². The van der Waals surface area contributed by atoms with Crippen molar-refractivity contribution in [3.8, 4) is 0 Å². The highest BCUT2D eigenvalue weighted by Crippen LogP contribution is 2.30. The van der Waals surface area contributed by atoms with Crippen molar-refractivity contribution in [3.63, 3.8) is 0 Å². The fourth-order valence-electron chi connectivity index (χ4n) is 2.24. The smallest absolute Gasteiger partial charge is 0.315 e. The Kier molecular flexibility index (Phi) is 4.90. The lowest BCUT2D eigenvalue weighted by Crippen LogP contribution is -2.35. The first-order valence-corrected chi connectivity index (χ1v) is 8.25. The Bertz CT molecular complexity index is 579. The standard InChI is InChI=1S/C13H17F3N2O2S/c14-13(15,16)12-4-1-3-11(9-12)10-21(19,20)18-7-2-5-17-6-8-18/h1,3-4,9,17H,2,5-8,10H2. The number of halogens is 3. The molecule has 0 radical (unpaired) electrons. The zero-order chi connectivity index (χ0) is 15.5. The molecule has 1 N–H and O–H groups in total. The van der Waals surface area contributed by atoms with Crippen molar-refractivity contribution in [3.05, 3.63) is 35.4 Å². The molecule has 118 valence electrons. The van der Waals surface area contributed by atoms with Gasteiger partial charge in [-0.15, -0.1) is 0 Å². The van der Waals surface area contributed by atoms with Crippen molar-refractivity contribution in [2.24, 2.45) is 0 Å². The first-order valence-electron chi connectivity index (χ1n) is 6.64. The van der Waals surface area contributed by atoms with E-state index in [1.165, 1.54) is 16.4 Å². The van der Waals surface area contributed by atoms with Gasteiger partial charge in [-0.3, -0.25) is 0 Å². The van der Waals surface area contributed by atoms with Gasteiger partial charge in [-0.1, -0.05) is 18.2 Å². The zero-order valence-electron chi connectivity index (χ0n) is 11.4. The summed E-state index contributed by atoms with van der Waals surface area (Å²) in [6, 6.07) is 4.47. The quantitative estimate of drug-likeness (QED) is 0.924. The fraction of sp³-hybridized carbons (Fsp3) is 0.538. The van der Waals surface area contributed by atoms with Crippen molar-refractivity contribution >= 4 is 10.0 Å². The van der Waals surface area contributed by atoms with Crippen LogP contribution in [-0.4, -0.2) is 38.9 Å². The van der Waals surface area contributed by atoms with Gasteiger partial charge >= 0.3 is 6.18 Å². The first kappa shape index (κ1) is 16.3. The van der Waals surface area contributed by atoms with E-state index in [2.05, 4.69) is 5.32 Å². The maximum absolute atomic E-state index is 12.6. The third-order valence-electron chi connectivity index (χ3n) is 3.30. The highest BCUT2D eigenvalue weighted by atomic mass is 32.2. The SMILES string of the molecule is O=S(=O)(Cc1cccc(C(F)(F)F)c1)N1CCCNCC1. The Morgan fingerprint density at radius 2 is 1.95 bits per heavy atom. The van der Waals surface area contributed by atoms with E-state index < -0.39 is 27.5 Å². The Balaban J connectivity index is 2.16. The van der Waals surface area contributed by atoms with Gasteiger partial charge in [0.2, 0.25) is 10.0 Å². The van der Waals surface area contributed by atoms with E-state index in [9.17, 15) is 21.6 Å². The van der Waals surface area contributed by atoms with Crippen LogP contribution in [0, 0.1) is 0 Å². The lowest BCUT2D eigenvalue weighted by Gasteiger charge is -2.19. The lowest BCUT2D eigenvalue weighted by atomic mass is 10.1. The van der Waals surface area contributed by atoms with E-state index in [0.29, 0.717) is 26.1 Å². The van der Waals surface area contributed by atoms with Crippen LogP contribution in [-0.2, 0) is 22.0 Å². The van der Waals surface area contributed by atoms with Crippen molar-refractivity contribution in [1.82, 2.24) is 9.62 Å². The summed E-state index contributed by atoms with van der Waals surface area (Å²) < 4.78 is 63.8. The normalized spacial score (nSPS) is 18.4. The summed E-state index contributed by atoms with van der Waals surface area (Å²) in [6.45, 7) is 2.05. The third-order valence-corrected chi connectivity index (χ3v) is 5.15. The molecule has 0 spiro atoms. The molecule has 2 rings (SSSR count). The Hall–Kier alpha value is -1.12. The number of sulfonamides is 1. The van der Waals surface area contributed by atoms with Crippen molar-refractivity contribution in [2.45, 2.75) is 18.3 Å². The van der Waals surface area contributed by atoms with Gasteiger partial charge in [-0.05, 0) is 24.6 Å². The molecule has 21 heavy (non-hydrogen) atoms. The van der Waals surface area contributed by atoms with Gasteiger partial charge in [0.1, 0.15) is 0 Å². The molecule has 8 heteroatoms. The van der Waals surface area contributed by atoms with Crippen LogP contribution < -0.4 is 5.32 Å². The van der Waals surface area contributed by atoms with Gasteiger partial charge in [0, 0.05) is 19.6 Å². The molecular weight excluding hydrogens is 305 g/mol. The molecular formula is C13H17F3N2O2S. The number of hydrogen-bond donors (Lipinski definition) is 1. The summed E-state index contributed by atoms with van der Waals surface area (Å²) in [7, 11) is -3.60.